The first-order chi connectivity index (χ1) is 19.6. The molecule has 0 bridgehead atoms. The van der Waals surface area contributed by atoms with Crippen LogP contribution in [0.5, 0.6) is 0 Å². The van der Waals surface area contributed by atoms with Gasteiger partial charge in [0.05, 0.1) is 0 Å². The van der Waals surface area contributed by atoms with E-state index >= 15 is 0 Å². The summed E-state index contributed by atoms with van der Waals surface area (Å²) < 4.78 is 7.37. The SMILES string of the molecule is CC1=[C]([Zr+2](=[CH]c2ccc(Cl)cc2)(=[CH]c2ccc(Cl)cc2)[CH]2c3ccccc3-c3ccccc32)C(C)C=C1C(C)(C)C.[Cl-].[Cl-]. The number of hydrogen-bond donors (Lipinski definition) is 0. The van der Waals surface area contributed by atoms with Gasteiger partial charge in [-0.1, -0.05) is 0 Å². The third-order valence-corrected chi connectivity index (χ3v) is 21.5. The van der Waals surface area contributed by atoms with E-state index in [1.807, 2.05) is 24.3 Å². The van der Waals surface area contributed by atoms with E-state index in [-0.39, 0.29) is 30.2 Å². The molecule has 0 amide bonds. The molecule has 4 aromatic carbocycles. The van der Waals surface area contributed by atoms with E-state index in [9.17, 15) is 0 Å². The van der Waals surface area contributed by atoms with Gasteiger partial charge in [-0.05, 0) is 0 Å². The van der Waals surface area contributed by atoms with Crippen LogP contribution in [-0.2, 0) is 19.3 Å². The first kappa shape index (κ1) is 34.0. The maximum Gasteiger partial charge on any atom is -1.00 e. The van der Waals surface area contributed by atoms with Crippen molar-refractivity contribution in [3.63, 3.8) is 0 Å². The maximum atomic E-state index is 6.40. The second-order valence-corrected chi connectivity index (χ2v) is 22.2. The zero-order valence-corrected chi connectivity index (χ0v) is 30.6. The van der Waals surface area contributed by atoms with Crippen LogP contribution in [0.2, 0.25) is 10.0 Å². The van der Waals surface area contributed by atoms with Gasteiger partial charge in [0.25, 0.3) is 0 Å². The van der Waals surface area contributed by atoms with Crippen LogP contribution in [0.25, 0.3) is 11.1 Å². The van der Waals surface area contributed by atoms with Crippen LogP contribution >= 0.6 is 23.2 Å². The predicted octanol–water partition coefficient (Wildman–Crippen LogP) is 4.82. The van der Waals surface area contributed by atoms with Crippen molar-refractivity contribution in [2.45, 2.75) is 38.2 Å². The Hall–Kier alpha value is -1.86. The minimum atomic E-state index is -3.84. The second kappa shape index (κ2) is 13.2. The van der Waals surface area contributed by atoms with Crippen LogP contribution in [0.1, 0.15) is 60.5 Å². The van der Waals surface area contributed by atoms with Crippen LogP contribution in [0.15, 0.2) is 118 Å². The first-order valence-electron chi connectivity index (χ1n) is 14.4. The van der Waals surface area contributed by atoms with Gasteiger partial charge in [-0.2, -0.15) is 0 Å². The zero-order chi connectivity index (χ0) is 28.9. The summed E-state index contributed by atoms with van der Waals surface area (Å²) in [6.45, 7) is 11.9. The summed E-state index contributed by atoms with van der Waals surface area (Å²) in [5.74, 6) is 0.354. The van der Waals surface area contributed by atoms with Crippen molar-refractivity contribution < 1.29 is 44.1 Å². The number of rotatable bonds is 4. The Labute approximate surface area is 283 Å². The van der Waals surface area contributed by atoms with E-state index in [1.54, 1.807) is 3.28 Å². The van der Waals surface area contributed by atoms with Crippen LogP contribution in [-0.4, -0.2) is 7.42 Å². The molecule has 6 rings (SSSR count). The van der Waals surface area contributed by atoms with Crippen molar-refractivity contribution in [1.29, 1.82) is 0 Å². The molecule has 0 saturated heterocycles. The van der Waals surface area contributed by atoms with E-state index in [4.69, 9.17) is 23.2 Å². The molecule has 0 nitrogen and oxygen atoms in total. The fourth-order valence-electron chi connectivity index (χ4n) is 7.34. The van der Waals surface area contributed by atoms with Crippen LogP contribution in [0.4, 0.5) is 0 Å². The van der Waals surface area contributed by atoms with E-state index in [1.165, 1.54) is 44.5 Å². The molecule has 1 unspecified atom stereocenters. The number of allylic oxidation sites excluding steroid dienone is 4. The molecule has 0 radical (unpaired) electrons. The minimum absolute atomic E-state index is 0. The summed E-state index contributed by atoms with van der Waals surface area (Å²) in [4.78, 5) is 0. The standard InChI is InChI=1S/C13H9.C11H17.2C7H5Cl.2ClH.Zr/c1-3-7-12-10(5-1)9-11-6-2-4-8-13(11)12;1-8-6-9(2)10(7-8)11(3,4)5;2*1-6-2-4-7(8)5-3-6;;;/h1-9H;7-8H,1-5H3;2*1-5H;2*1H;/q;;;;;;+2/p-2. The van der Waals surface area contributed by atoms with E-state index in [2.05, 4.69) is 121 Å². The topological polar surface area (TPSA) is 0 Å². The molecule has 0 heterocycles. The smallest absolute Gasteiger partial charge is 1.00 e. The van der Waals surface area contributed by atoms with Gasteiger partial charge in [0.2, 0.25) is 0 Å². The van der Waals surface area contributed by atoms with Crippen molar-refractivity contribution >= 4 is 30.6 Å². The molecule has 43 heavy (non-hydrogen) atoms. The van der Waals surface area contributed by atoms with E-state index in [0.717, 1.165) is 10.0 Å². The number of fused-ring (bicyclic) bond motifs is 3. The molecule has 220 valence electrons. The van der Waals surface area contributed by atoms with Crippen molar-refractivity contribution in [3.05, 3.63) is 150 Å². The van der Waals surface area contributed by atoms with Crippen LogP contribution < -0.4 is 24.8 Å². The van der Waals surface area contributed by atoms with Gasteiger partial charge in [0, 0.05) is 0 Å². The van der Waals surface area contributed by atoms with Gasteiger partial charge in [-0.15, -0.1) is 0 Å². The maximum absolute atomic E-state index is 6.40. The van der Waals surface area contributed by atoms with E-state index < -0.39 is 19.3 Å². The Bertz CT molecular complexity index is 1730. The fourth-order valence-corrected chi connectivity index (χ4v) is 21.6. The van der Waals surface area contributed by atoms with Crippen molar-refractivity contribution in [2.75, 3.05) is 0 Å². The molecule has 2 aliphatic carbocycles. The Kier molecular flexibility index (Phi) is 10.5. The van der Waals surface area contributed by atoms with Crippen LogP contribution in [0.3, 0.4) is 0 Å². The van der Waals surface area contributed by atoms with E-state index in [0.29, 0.717) is 9.54 Å². The average molecular weight is 726 g/mol. The van der Waals surface area contributed by atoms with Gasteiger partial charge < -0.3 is 24.8 Å². The minimum Gasteiger partial charge on any atom is -1.00 e. The first-order valence-corrected chi connectivity index (χ1v) is 20.7. The Morgan fingerprint density at radius 2 is 1.07 bits per heavy atom. The fraction of sp³-hybridized carbons (Fsp3) is 0.211. The second-order valence-electron chi connectivity index (χ2n) is 12.6. The van der Waals surface area contributed by atoms with Crippen molar-refractivity contribution in [3.8, 4) is 11.1 Å². The van der Waals surface area contributed by atoms with Gasteiger partial charge >= 0.3 is 260 Å². The molecule has 2 aliphatic rings. The molecule has 0 saturated carbocycles. The quantitative estimate of drug-likeness (QED) is 0.283. The number of hydrogen-bond acceptors (Lipinski definition) is 0. The van der Waals surface area contributed by atoms with Crippen molar-refractivity contribution in [2.24, 2.45) is 11.3 Å². The monoisotopic (exact) mass is 722 g/mol. The van der Waals surface area contributed by atoms with Gasteiger partial charge in [0.15, 0.2) is 0 Å². The molecule has 1 atom stereocenters. The van der Waals surface area contributed by atoms with Crippen molar-refractivity contribution in [1.82, 2.24) is 0 Å². The zero-order valence-electron chi connectivity index (χ0n) is 25.1. The molecule has 5 heteroatoms. The summed E-state index contributed by atoms with van der Waals surface area (Å²) in [6.07, 6.45) is 2.55. The largest absolute Gasteiger partial charge is 1.00 e. The summed E-state index contributed by atoms with van der Waals surface area (Å²) in [7, 11) is 0. The average Bonchev–Trinajstić information content (AvgIpc) is 3.45. The molecular formula is C38H36Cl4Zr. The summed E-state index contributed by atoms with van der Waals surface area (Å²) in [6, 6.07) is 35.1. The van der Waals surface area contributed by atoms with Gasteiger partial charge in [0.1, 0.15) is 0 Å². The molecule has 0 aromatic heterocycles. The molecule has 0 N–H and O–H groups in total. The van der Waals surface area contributed by atoms with Crippen LogP contribution in [0, 0.1) is 11.3 Å². The molecular weight excluding hydrogens is 689 g/mol. The molecule has 0 aliphatic heterocycles. The van der Waals surface area contributed by atoms with Gasteiger partial charge in [-0.3, -0.25) is 0 Å². The predicted molar refractivity (Wildman–Crippen MR) is 176 cm³/mol. The Balaban J connectivity index is 0.00000212. The van der Waals surface area contributed by atoms with Gasteiger partial charge in [-0.25, -0.2) is 0 Å². The summed E-state index contributed by atoms with van der Waals surface area (Å²) in [5, 5.41) is 1.53. The normalized spacial score (nSPS) is 15.3. The molecule has 0 fully saturated rings. The summed E-state index contributed by atoms with van der Waals surface area (Å²) >= 11 is 8.95. The molecule has 4 aromatic rings. The number of halogens is 4. The molecule has 0 spiro atoms. The third-order valence-electron chi connectivity index (χ3n) is 8.82. The third kappa shape index (κ3) is 6.32. The summed E-state index contributed by atoms with van der Waals surface area (Å²) in [5.41, 5.74) is 11.2. The Morgan fingerprint density at radius 1 is 0.651 bits per heavy atom. The Morgan fingerprint density at radius 3 is 1.47 bits per heavy atom. The number of benzene rings is 4.